The minimum Gasteiger partial charge on any atom is -0.315 e. The van der Waals surface area contributed by atoms with Gasteiger partial charge in [-0.2, -0.15) is 0 Å². The molecule has 140 valence electrons. The second-order valence-electron chi connectivity index (χ2n) is 6.87. The molecule has 6 nitrogen and oxygen atoms in total. The fourth-order valence-corrected chi connectivity index (χ4v) is 5.92. The van der Waals surface area contributed by atoms with Crippen LogP contribution in [0.5, 0.6) is 0 Å². The molecule has 2 aromatic rings. The lowest BCUT2D eigenvalue weighted by Crippen LogP contribution is -2.48. The highest BCUT2D eigenvalue weighted by Crippen LogP contribution is 2.47. The molecular formula is C19H19N3O3S2. The van der Waals surface area contributed by atoms with Gasteiger partial charge in [0.2, 0.25) is 11.8 Å². The molecule has 3 heterocycles. The van der Waals surface area contributed by atoms with Gasteiger partial charge in [0, 0.05) is 24.7 Å². The molecule has 27 heavy (non-hydrogen) atoms. The number of amides is 2. The lowest BCUT2D eigenvalue weighted by Gasteiger charge is -2.29. The van der Waals surface area contributed by atoms with Crippen LogP contribution in [0.1, 0.15) is 36.4 Å². The number of thioether (sulfide) groups is 1. The van der Waals surface area contributed by atoms with Crippen molar-refractivity contribution in [2.24, 2.45) is 0 Å². The van der Waals surface area contributed by atoms with Crippen molar-refractivity contribution < 1.29 is 14.4 Å². The smallest absolute Gasteiger partial charge is 0.249 e. The van der Waals surface area contributed by atoms with Gasteiger partial charge in [0.25, 0.3) is 0 Å². The van der Waals surface area contributed by atoms with Gasteiger partial charge in [-0.3, -0.25) is 14.4 Å². The Morgan fingerprint density at radius 1 is 1.30 bits per heavy atom. The molecule has 2 amide bonds. The number of ketones is 1. The van der Waals surface area contributed by atoms with E-state index in [1.807, 2.05) is 37.3 Å². The zero-order chi connectivity index (χ0) is 19.2. The van der Waals surface area contributed by atoms with Gasteiger partial charge in [0.05, 0.1) is 15.4 Å². The number of anilines is 1. The van der Waals surface area contributed by atoms with Gasteiger partial charge in [0.15, 0.2) is 10.9 Å². The van der Waals surface area contributed by atoms with Crippen LogP contribution in [0.3, 0.4) is 0 Å². The standard InChI is InChI=1S/C19H19N3O3S2/c1-11(23)16-15(12-6-4-3-5-7-12)20-18(27-16)21-17(25)13-10-26-19(2)9-8-14(24)22(13)19/h3-7,13H,8-10H2,1-2H3,(H,20,21,25)/t13-,19+/m1/s1. The highest BCUT2D eigenvalue weighted by Gasteiger charge is 2.53. The molecule has 0 spiro atoms. The van der Waals surface area contributed by atoms with E-state index in [1.54, 1.807) is 16.7 Å². The Labute approximate surface area is 165 Å². The molecule has 2 atom stereocenters. The van der Waals surface area contributed by atoms with Crippen LogP contribution in [0, 0.1) is 0 Å². The van der Waals surface area contributed by atoms with Crippen molar-refractivity contribution in [1.82, 2.24) is 9.88 Å². The van der Waals surface area contributed by atoms with E-state index in [0.717, 1.165) is 12.0 Å². The zero-order valence-corrected chi connectivity index (χ0v) is 16.7. The predicted octanol–water partition coefficient (Wildman–Crippen LogP) is 3.41. The SMILES string of the molecule is CC(=O)c1sc(NC(=O)[C@H]2CS[C@@]3(C)CCC(=O)N23)nc1-c1ccccc1. The third-order valence-electron chi connectivity index (χ3n) is 4.97. The Hall–Kier alpha value is -2.19. The van der Waals surface area contributed by atoms with Crippen LogP contribution in [0.2, 0.25) is 0 Å². The largest absolute Gasteiger partial charge is 0.315 e. The van der Waals surface area contributed by atoms with Crippen molar-refractivity contribution in [2.45, 2.75) is 37.6 Å². The summed E-state index contributed by atoms with van der Waals surface area (Å²) in [6, 6.07) is 8.93. The molecule has 0 saturated carbocycles. The minimum atomic E-state index is -0.500. The fourth-order valence-electron chi connectivity index (χ4n) is 3.61. The van der Waals surface area contributed by atoms with E-state index >= 15 is 0 Å². The highest BCUT2D eigenvalue weighted by molar-refractivity contribution is 8.01. The molecule has 1 N–H and O–H groups in total. The quantitative estimate of drug-likeness (QED) is 0.795. The lowest BCUT2D eigenvalue weighted by atomic mass is 10.1. The average molecular weight is 402 g/mol. The summed E-state index contributed by atoms with van der Waals surface area (Å²) in [5.41, 5.74) is 1.41. The van der Waals surface area contributed by atoms with Gasteiger partial charge in [-0.25, -0.2) is 4.98 Å². The van der Waals surface area contributed by atoms with Gasteiger partial charge in [0.1, 0.15) is 6.04 Å². The van der Waals surface area contributed by atoms with Crippen molar-refractivity contribution in [3.8, 4) is 11.3 Å². The van der Waals surface area contributed by atoms with Crippen molar-refractivity contribution in [3.05, 3.63) is 35.2 Å². The third kappa shape index (κ3) is 3.17. The van der Waals surface area contributed by atoms with Crippen molar-refractivity contribution in [3.63, 3.8) is 0 Å². The van der Waals surface area contributed by atoms with Crippen LogP contribution in [0.25, 0.3) is 11.3 Å². The summed E-state index contributed by atoms with van der Waals surface area (Å²) in [6.45, 7) is 3.51. The van der Waals surface area contributed by atoms with Crippen LogP contribution in [0.4, 0.5) is 5.13 Å². The van der Waals surface area contributed by atoms with Crippen molar-refractivity contribution in [1.29, 1.82) is 0 Å². The number of hydrogen-bond donors (Lipinski definition) is 1. The molecule has 2 aliphatic rings. The number of rotatable bonds is 4. The number of benzene rings is 1. The van der Waals surface area contributed by atoms with Crippen LogP contribution in [-0.4, -0.2) is 44.1 Å². The average Bonchev–Trinajstić information content (AvgIpc) is 3.29. The van der Waals surface area contributed by atoms with E-state index in [2.05, 4.69) is 10.3 Å². The molecule has 2 aliphatic heterocycles. The Kier molecular flexibility index (Phi) is 4.55. The van der Waals surface area contributed by atoms with E-state index in [-0.39, 0.29) is 22.5 Å². The molecule has 8 heteroatoms. The van der Waals surface area contributed by atoms with Crippen LogP contribution in [0.15, 0.2) is 30.3 Å². The van der Waals surface area contributed by atoms with E-state index in [1.165, 1.54) is 18.3 Å². The lowest BCUT2D eigenvalue weighted by molar-refractivity contribution is -0.135. The summed E-state index contributed by atoms with van der Waals surface area (Å²) in [5, 5.41) is 3.21. The fraction of sp³-hybridized carbons (Fsp3) is 0.368. The van der Waals surface area contributed by atoms with Crippen molar-refractivity contribution >= 4 is 45.8 Å². The van der Waals surface area contributed by atoms with Gasteiger partial charge >= 0.3 is 0 Å². The molecule has 2 fully saturated rings. The first-order valence-corrected chi connectivity index (χ1v) is 10.5. The Morgan fingerprint density at radius 2 is 2.04 bits per heavy atom. The Bertz CT molecular complexity index is 928. The topological polar surface area (TPSA) is 79.4 Å². The Balaban J connectivity index is 1.59. The van der Waals surface area contributed by atoms with Gasteiger partial charge in [-0.15, -0.1) is 11.8 Å². The van der Waals surface area contributed by atoms with E-state index in [4.69, 9.17) is 0 Å². The van der Waals surface area contributed by atoms with E-state index in [0.29, 0.717) is 27.9 Å². The molecule has 4 rings (SSSR count). The maximum atomic E-state index is 12.8. The molecule has 1 aromatic heterocycles. The summed E-state index contributed by atoms with van der Waals surface area (Å²) < 4.78 is 0. The van der Waals surface area contributed by atoms with Gasteiger partial charge < -0.3 is 10.2 Å². The van der Waals surface area contributed by atoms with Crippen LogP contribution >= 0.6 is 23.1 Å². The predicted molar refractivity (Wildman–Crippen MR) is 107 cm³/mol. The third-order valence-corrected chi connectivity index (χ3v) is 7.55. The summed E-state index contributed by atoms with van der Waals surface area (Å²) in [7, 11) is 0. The molecular weight excluding hydrogens is 382 g/mol. The van der Waals surface area contributed by atoms with E-state index in [9.17, 15) is 14.4 Å². The van der Waals surface area contributed by atoms with E-state index < -0.39 is 6.04 Å². The number of Topliss-reactive ketones (excluding diaryl/α,β-unsaturated/α-hetero) is 1. The molecule has 0 radical (unpaired) electrons. The van der Waals surface area contributed by atoms with Crippen molar-refractivity contribution in [2.75, 3.05) is 11.1 Å². The zero-order valence-electron chi connectivity index (χ0n) is 15.0. The first-order chi connectivity index (χ1) is 12.9. The minimum absolute atomic E-state index is 0.0242. The number of carbonyl (C=O) groups excluding carboxylic acids is 3. The Morgan fingerprint density at radius 3 is 2.74 bits per heavy atom. The first-order valence-electron chi connectivity index (χ1n) is 8.73. The number of fused-ring (bicyclic) bond motifs is 1. The number of nitrogens with one attached hydrogen (secondary N) is 1. The summed E-state index contributed by atoms with van der Waals surface area (Å²) in [5.74, 6) is 0.261. The molecule has 1 aromatic carbocycles. The normalized spacial score (nSPS) is 24.1. The number of carbonyl (C=O) groups is 3. The second-order valence-corrected chi connectivity index (χ2v) is 9.37. The summed E-state index contributed by atoms with van der Waals surface area (Å²) >= 11 is 2.82. The van der Waals surface area contributed by atoms with Gasteiger partial charge in [-0.1, -0.05) is 41.7 Å². The van der Waals surface area contributed by atoms with Crippen LogP contribution in [-0.2, 0) is 9.59 Å². The first kappa shape index (κ1) is 18.2. The van der Waals surface area contributed by atoms with Gasteiger partial charge in [-0.05, 0) is 13.3 Å². The second kappa shape index (κ2) is 6.76. The molecule has 0 bridgehead atoms. The monoisotopic (exact) mass is 401 g/mol. The number of thiazole rings is 1. The molecule has 0 aliphatic carbocycles. The summed E-state index contributed by atoms with van der Waals surface area (Å²) in [4.78, 5) is 43.5. The molecule has 0 unspecified atom stereocenters. The maximum Gasteiger partial charge on any atom is 0.249 e. The highest BCUT2D eigenvalue weighted by atomic mass is 32.2. The van der Waals surface area contributed by atoms with Crippen LogP contribution < -0.4 is 5.32 Å². The maximum absolute atomic E-state index is 12.8. The summed E-state index contributed by atoms with van der Waals surface area (Å²) in [6.07, 6.45) is 1.25. The molecule has 2 saturated heterocycles. The number of aromatic nitrogens is 1. The number of hydrogen-bond acceptors (Lipinski definition) is 6. The number of nitrogens with zero attached hydrogens (tertiary/aromatic N) is 2.